The summed E-state index contributed by atoms with van der Waals surface area (Å²) in [4.78, 5) is 49.9. The average molecular weight is 441 g/mol. The molecule has 4 amide bonds. The number of piperidine rings is 1. The number of nitrogens with zero attached hydrogens (tertiary/aromatic N) is 1. The molecule has 2 aliphatic rings. The van der Waals surface area contributed by atoms with E-state index in [4.69, 9.17) is 0 Å². The van der Waals surface area contributed by atoms with E-state index in [0.29, 0.717) is 5.56 Å². The molecule has 8 nitrogen and oxygen atoms in total. The van der Waals surface area contributed by atoms with Crippen LogP contribution >= 0.6 is 0 Å². The first-order valence-electron chi connectivity index (χ1n) is 9.61. The standard InChI is InChI=1S/C20H22F3N3O5/c1-19(2,9-27)18(20(21,22)23)25-15(29)10-3-4-12-11(7-10)8-26(17(12)31)13-5-6-14(28)24-16(13)30/h3-4,7,13,18,27H,5-6,8-9H2,1-2H3,(H,25,29)(H,24,28,30)/t13?,18-/m1/s1. The highest BCUT2D eigenvalue weighted by Crippen LogP contribution is 2.34. The third-order valence-electron chi connectivity index (χ3n) is 5.58. The molecule has 1 aromatic carbocycles. The first-order valence-corrected chi connectivity index (χ1v) is 9.61. The molecular weight excluding hydrogens is 419 g/mol. The van der Waals surface area contributed by atoms with Crippen molar-refractivity contribution in [1.82, 2.24) is 15.5 Å². The van der Waals surface area contributed by atoms with Crippen LogP contribution in [0, 0.1) is 5.41 Å². The van der Waals surface area contributed by atoms with Crippen molar-refractivity contribution in [2.75, 3.05) is 6.61 Å². The van der Waals surface area contributed by atoms with Gasteiger partial charge >= 0.3 is 6.18 Å². The van der Waals surface area contributed by atoms with Crippen molar-refractivity contribution in [1.29, 1.82) is 0 Å². The monoisotopic (exact) mass is 441 g/mol. The van der Waals surface area contributed by atoms with Gasteiger partial charge in [-0.3, -0.25) is 24.5 Å². The van der Waals surface area contributed by atoms with Crippen LogP contribution in [0.4, 0.5) is 13.2 Å². The molecule has 1 fully saturated rings. The summed E-state index contributed by atoms with van der Waals surface area (Å²) < 4.78 is 40.3. The minimum Gasteiger partial charge on any atom is -0.396 e. The highest BCUT2D eigenvalue weighted by Gasteiger charge is 2.50. The lowest BCUT2D eigenvalue weighted by Gasteiger charge is -2.34. The maximum absolute atomic E-state index is 13.4. The van der Waals surface area contributed by atoms with Crippen molar-refractivity contribution in [3.8, 4) is 0 Å². The van der Waals surface area contributed by atoms with E-state index in [1.165, 1.54) is 36.9 Å². The van der Waals surface area contributed by atoms with E-state index < -0.39 is 53.9 Å². The molecule has 2 heterocycles. The Morgan fingerprint density at radius 2 is 1.97 bits per heavy atom. The van der Waals surface area contributed by atoms with Crippen LogP contribution in [0.3, 0.4) is 0 Å². The molecule has 1 unspecified atom stereocenters. The van der Waals surface area contributed by atoms with Crippen molar-refractivity contribution < 1.29 is 37.5 Å². The van der Waals surface area contributed by atoms with E-state index in [0.717, 1.165) is 0 Å². The molecule has 11 heteroatoms. The summed E-state index contributed by atoms with van der Waals surface area (Å²) in [5.41, 5.74) is -1.10. The van der Waals surface area contributed by atoms with Gasteiger partial charge in [0.1, 0.15) is 12.1 Å². The zero-order valence-electron chi connectivity index (χ0n) is 16.9. The van der Waals surface area contributed by atoms with Crippen LogP contribution < -0.4 is 10.6 Å². The third kappa shape index (κ3) is 4.41. The molecule has 0 radical (unpaired) electrons. The summed E-state index contributed by atoms with van der Waals surface area (Å²) in [5.74, 6) is -2.46. The van der Waals surface area contributed by atoms with E-state index in [1.807, 2.05) is 5.32 Å². The fourth-order valence-corrected chi connectivity index (χ4v) is 3.74. The van der Waals surface area contributed by atoms with Crippen molar-refractivity contribution in [3.63, 3.8) is 0 Å². The Hall–Kier alpha value is -2.95. The number of benzene rings is 1. The summed E-state index contributed by atoms with van der Waals surface area (Å²) in [6.07, 6.45) is -4.53. The number of fused-ring (bicyclic) bond motifs is 1. The maximum Gasteiger partial charge on any atom is 0.409 e. The Kier molecular flexibility index (Phi) is 5.83. The van der Waals surface area contributed by atoms with Gasteiger partial charge in [0.25, 0.3) is 11.8 Å². The van der Waals surface area contributed by atoms with Gasteiger partial charge in [-0.2, -0.15) is 13.2 Å². The molecule has 1 saturated heterocycles. The summed E-state index contributed by atoms with van der Waals surface area (Å²) in [6, 6.07) is 0.757. The minimum absolute atomic E-state index is 0.00754. The molecule has 0 spiro atoms. The number of alkyl halides is 3. The fraction of sp³-hybridized carbons (Fsp3) is 0.500. The van der Waals surface area contributed by atoms with Gasteiger partial charge in [0.2, 0.25) is 11.8 Å². The van der Waals surface area contributed by atoms with Gasteiger partial charge in [-0.25, -0.2) is 0 Å². The molecular formula is C20H22F3N3O5. The van der Waals surface area contributed by atoms with Crippen molar-refractivity contribution in [3.05, 3.63) is 34.9 Å². The van der Waals surface area contributed by atoms with Crippen LogP contribution in [-0.2, 0) is 16.1 Å². The number of halogens is 3. The predicted octanol–water partition coefficient (Wildman–Crippen LogP) is 1.13. The van der Waals surface area contributed by atoms with Crippen LogP contribution in [-0.4, -0.2) is 58.5 Å². The normalized spacial score (nSPS) is 20.4. The van der Waals surface area contributed by atoms with Gasteiger partial charge in [0, 0.05) is 29.5 Å². The summed E-state index contributed by atoms with van der Waals surface area (Å²) in [6.45, 7) is 1.57. The van der Waals surface area contributed by atoms with E-state index in [9.17, 15) is 37.5 Å². The number of nitrogens with one attached hydrogen (secondary N) is 2. The zero-order chi connectivity index (χ0) is 23.1. The van der Waals surface area contributed by atoms with Crippen LogP contribution in [0.15, 0.2) is 18.2 Å². The Morgan fingerprint density at radius 1 is 1.29 bits per heavy atom. The molecule has 31 heavy (non-hydrogen) atoms. The zero-order valence-corrected chi connectivity index (χ0v) is 16.9. The predicted molar refractivity (Wildman–Crippen MR) is 101 cm³/mol. The molecule has 0 saturated carbocycles. The van der Waals surface area contributed by atoms with Crippen LogP contribution in [0.1, 0.15) is 53.0 Å². The first kappa shape index (κ1) is 22.7. The fourth-order valence-electron chi connectivity index (χ4n) is 3.74. The van der Waals surface area contributed by atoms with Crippen LogP contribution in [0.5, 0.6) is 0 Å². The number of carbonyl (C=O) groups excluding carboxylic acids is 4. The minimum atomic E-state index is -4.78. The molecule has 2 aliphatic heterocycles. The Morgan fingerprint density at radius 3 is 2.55 bits per heavy atom. The van der Waals surface area contributed by atoms with Crippen LogP contribution in [0.2, 0.25) is 0 Å². The third-order valence-corrected chi connectivity index (χ3v) is 5.58. The Labute approximate surface area is 175 Å². The average Bonchev–Trinajstić information content (AvgIpc) is 3.00. The number of aliphatic hydroxyl groups is 1. The number of imide groups is 1. The van der Waals surface area contributed by atoms with E-state index in [1.54, 1.807) is 0 Å². The van der Waals surface area contributed by atoms with Gasteiger partial charge in [0.05, 0.1) is 6.61 Å². The first-order chi connectivity index (χ1) is 14.3. The summed E-state index contributed by atoms with van der Waals surface area (Å²) in [7, 11) is 0. The Balaban J connectivity index is 1.80. The van der Waals surface area contributed by atoms with Gasteiger partial charge < -0.3 is 15.3 Å². The lowest BCUT2D eigenvalue weighted by molar-refractivity contribution is -0.181. The smallest absolute Gasteiger partial charge is 0.396 e. The van der Waals surface area contributed by atoms with E-state index in [2.05, 4.69) is 5.32 Å². The largest absolute Gasteiger partial charge is 0.409 e. The highest BCUT2D eigenvalue weighted by molar-refractivity contribution is 6.06. The molecule has 0 aliphatic carbocycles. The van der Waals surface area contributed by atoms with Crippen molar-refractivity contribution in [2.45, 2.75) is 51.5 Å². The summed E-state index contributed by atoms with van der Waals surface area (Å²) >= 11 is 0. The topological polar surface area (TPSA) is 116 Å². The number of hydrogen-bond donors (Lipinski definition) is 3. The number of aliphatic hydroxyl groups excluding tert-OH is 1. The van der Waals surface area contributed by atoms with Gasteiger partial charge in [0.15, 0.2) is 0 Å². The molecule has 168 valence electrons. The SMILES string of the molecule is CC(C)(CO)[C@@H](NC(=O)c1ccc2c(c1)CN(C1CCC(=O)NC1=O)C2=O)C(F)(F)F. The van der Waals surface area contributed by atoms with Gasteiger partial charge in [-0.05, 0) is 30.2 Å². The number of amides is 4. The molecule has 2 atom stereocenters. The van der Waals surface area contributed by atoms with Gasteiger partial charge in [-0.1, -0.05) is 13.8 Å². The molecule has 1 aromatic rings. The lowest BCUT2D eigenvalue weighted by Crippen LogP contribution is -2.55. The lowest BCUT2D eigenvalue weighted by atomic mass is 9.84. The van der Waals surface area contributed by atoms with Crippen LogP contribution in [0.25, 0.3) is 0 Å². The van der Waals surface area contributed by atoms with Crippen molar-refractivity contribution >= 4 is 23.6 Å². The van der Waals surface area contributed by atoms with Gasteiger partial charge in [-0.15, -0.1) is 0 Å². The second-order valence-corrected chi connectivity index (χ2v) is 8.37. The molecule has 3 N–H and O–H groups in total. The number of carbonyl (C=O) groups is 4. The molecule has 0 aromatic heterocycles. The molecule has 3 rings (SSSR count). The maximum atomic E-state index is 13.4. The van der Waals surface area contributed by atoms with E-state index >= 15 is 0 Å². The number of rotatable bonds is 5. The summed E-state index contributed by atoms with van der Waals surface area (Å²) in [5, 5.41) is 13.4. The second-order valence-electron chi connectivity index (χ2n) is 8.37. The number of hydrogen-bond acceptors (Lipinski definition) is 5. The van der Waals surface area contributed by atoms with E-state index in [-0.39, 0.29) is 30.5 Å². The Bertz CT molecular complexity index is 944. The highest BCUT2D eigenvalue weighted by atomic mass is 19.4. The molecule has 0 bridgehead atoms. The second kappa shape index (κ2) is 7.95. The van der Waals surface area contributed by atoms with Crippen molar-refractivity contribution in [2.24, 2.45) is 5.41 Å². The quantitative estimate of drug-likeness (QED) is 0.593.